The average molecular weight is 511 g/mol. The van der Waals surface area contributed by atoms with Gasteiger partial charge in [-0.15, -0.1) is 0 Å². The molecule has 0 atom stereocenters. The monoisotopic (exact) mass is 510 g/mol. The Balaban J connectivity index is 1.51. The molecule has 0 radical (unpaired) electrons. The molecule has 3 aliphatic carbocycles. The molecule has 0 unspecified atom stereocenters. The van der Waals surface area contributed by atoms with E-state index in [1.165, 1.54) is 109 Å². The zero-order chi connectivity index (χ0) is 26.4. The van der Waals surface area contributed by atoms with Gasteiger partial charge >= 0.3 is 0 Å². The van der Waals surface area contributed by atoms with E-state index in [1.54, 1.807) is 11.1 Å². The lowest BCUT2D eigenvalue weighted by atomic mass is 9.66. The molecule has 0 spiro atoms. The van der Waals surface area contributed by atoms with Gasteiger partial charge in [0.2, 0.25) is 0 Å². The van der Waals surface area contributed by atoms with Gasteiger partial charge in [-0.2, -0.15) is 0 Å². The highest BCUT2D eigenvalue weighted by atomic mass is 14.5. The van der Waals surface area contributed by atoms with Crippen LogP contribution in [0.25, 0.3) is 11.1 Å². The van der Waals surface area contributed by atoms with Crippen LogP contribution < -0.4 is 0 Å². The third kappa shape index (κ3) is 4.19. The summed E-state index contributed by atoms with van der Waals surface area (Å²) in [6.45, 7) is 4.52. The van der Waals surface area contributed by atoms with Crippen molar-refractivity contribution in [3.63, 3.8) is 0 Å². The second-order valence-corrected chi connectivity index (χ2v) is 12.8. The number of hydrogen-bond donors (Lipinski definition) is 0. The topological polar surface area (TPSA) is 0 Å². The Morgan fingerprint density at radius 2 is 0.923 bits per heavy atom. The molecular weight excluding hydrogens is 468 g/mol. The fraction of sp³-hybridized carbons (Fsp3) is 0.385. The SMILES string of the molecule is Cc1ccc2c(c1)C(c1cccc(C3CCCCC3)c1)(c1cccc(C3CCCCC3)c1)c1cc(C)ccc1-2. The highest BCUT2D eigenvalue weighted by Crippen LogP contribution is 2.57. The van der Waals surface area contributed by atoms with Crippen LogP contribution in [-0.4, -0.2) is 0 Å². The highest BCUT2D eigenvalue weighted by molar-refractivity contribution is 5.86. The largest absolute Gasteiger partial charge is 0.0713 e. The van der Waals surface area contributed by atoms with Crippen LogP contribution >= 0.6 is 0 Å². The van der Waals surface area contributed by atoms with Gasteiger partial charge in [0.05, 0.1) is 5.41 Å². The van der Waals surface area contributed by atoms with Crippen molar-refractivity contribution in [3.8, 4) is 11.1 Å². The summed E-state index contributed by atoms with van der Waals surface area (Å²) in [5, 5.41) is 0. The predicted octanol–water partition coefficient (Wildman–Crippen LogP) is 10.8. The lowest BCUT2D eigenvalue weighted by molar-refractivity contribution is 0.442. The molecule has 0 nitrogen and oxygen atoms in total. The minimum atomic E-state index is -0.294. The summed E-state index contributed by atoms with van der Waals surface area (Å²) in [5.41, 5.74) is 14.1. The molecule has 4 aromatic rings. The Morgan fingerprint density at radius 3 is 1.36 bits per heavy atom. The zero-order valence-corrected chi connectivity index (χ0v) is 23.8. The number of hydrogen-bond acceptors (Lipinski definition) is 0. The van der Waals surface area contributed by atoms with Crippen molar-refractivity contribution < 1.29 is 0 Å². The molecule has 2 saturated carbocycles. The Hall–Kier alpha value is -3.12. The van der Waals surface area contributed by atoms with Crippen molar-refractivity contribution in [1.29, 1.82) is 0 Å². The summed E-state index contributed by atoms with van der Waals surface area (Å²) in [6.07, 6.45) is 13.6. The zero-order valence-electron chi connectivity index (χ0n) is 23.8. The Kier molecular flexibility index (Phi) is 6.46. The Labute approximate surface area is 235 Å². The number of rotatable bonds is 4. The van der Waals surface area contributed by atoms with Gasteiger partial charge in [0.25, 0.3) is 0 Å². The number of benzene rings is 4. The summed E-state index contributed by atoms with van der Waals surface area (Å²) >= 11 is 0. The normalized spacial score (nSPS) is 19.0. The van der Waals surface area contributed by atoms with Gasteiger partial charge in [-0.25, -0.2) is 0 Å². The van der Waals surface area contributed by atoms with Crippen molar-refractivity contribution in [1.82, 2.24) is 0 Å². The maximum absolute atomic E-state index is 2.60. The molecular formula is C39H42. The van der Waals surface area contributed by atoms with E-state index in [4.69, 9.17) is 0 Å². The van der Waals surface area contributed by atoms with Crippen molar-refractivity contribution in [2.45, 2.75) is 95.3 Å². The molecule has 0 aliphatic heterocycles. The van der Waals surface area contributed by atoms with E-state index >= 15 is 0 Å². The molecule has 39 heavy (non-hydrogen) atoms. The van der Waals surface area contributed by atoms with E-state index in [1.807, 2.05) is 0 Å². The summed E-state index contributed by atoms with van der Waals surface area (Å²) in [7, 11) is 0. The van der Waals surface area contributed by atoms with Crippen LogP contribution in [0.5, 0.6) is 0 Å². The van der Waals surface area contributed by atoms with Gasteiger partial charge in [0.15, 0.2) is 0 Å². The fourth-order valence-electron chi connectivity index (χ4n) is 8.26. The summed E-state index contributed by atoms with van der Waals surface area (Å²) in [4.78, 5) is 0. The molecule has 0 saturated heterocycles. The first-order valence-electron chi connectivity index (χ1n) is 15.6. The van der Waals surface area contributed by atoms with Crippen molar-refractivity contribution in [3.05, 3.63) is 129 Å². The second kappa shape index (κ2) is 10.1. The first-order valence-corrected chi connectivity index (χ1v) is 15.6. The average Bonchev–Trinajstić information content (AvgIpc) is 3.27. The van der Waals surface area contributed by atoms with Crippen molar-refractivity contribution in [2.24, 2.45) is 0 Å². The molecule has 0 aromatic heterocycles. The molecule has 4 aromatic carbocycles. The summed E-state index contributed by atoms with van der Waals surface area (Å²) in [6, 6.07) is 34.0. The van der Waals surface area contributed by atoms with Crippen molar-refractivity contribution >= 4 is 0 Å². The molecule has 0 amide bonds. The Bertz CT molecular complexity index is 1380. The maximum Gasteiger partial charge on any atom is 0.0713 e. The predicted molar refractivity (Wildman–Crippen MR) is 165 cm³/mol. The fourth-order valence-corrected chi connectivity index (χ4v) is 8.26. The standard InChI is InChI=1S/C39H42/c1-27-19-21-35-36-22-20-28(2)24-38(36)39(37(35)23-27,33-17-9-15-31(25-33)29-11-5-3-6-12-29)34-18-10-16-32(26-34)30-13-7-4-8-14-30/h9-10,15-26,29-30H,3-8,11-14H2,1-2H3. The molecule has 198 valence electrons. The van der Waals surface area contributed by atoms with E-state index in [-0.39, 0.29) is 5.41 Å². The molecule has 0 heterocycles. The van der Waals surface area contributed by atoms with Crippen LogP contribution in [0.1, 0.15) is 121 Å². The minimum absolute atomic E-state index is 0.294. The van der Waals surface area contributed by atoms with Crippen LogP contribution in [0.4, 0.5) is 0 Å². The molecule has 0 bridgehead atoms. The molecule has 2 fully saturated rings. The highest BCUT2D eigenvalue weighted by Gasteiger charge is 2.46. The van der Waals surface area contributed by atoms with Crippen LogP contribution in [-0.2, 0) is 5.41 Å². The van der Waals surface area contributed by atoms with Crippen molar-refractivity contribution in [2.75, 3.05) is 0 Å². The van der Waals surface area contributed by atoms with Crippen LogP contribution in [0.15, 0.2) is 84.9 Å². The third-order valence-corrected chi connectivity index (χ3v) is 10.2. The molecule has 0 heteroatoms. The van der Waals surface area contributed by atoms with E-state index in [0.717, 1.165) is 0 Å². The quantitative estimate of drug-likeness (QED) is 0.225. The summed E-state index contributed by atoms with van der Waals surface area (Å²) < 4.78 is 0. The first-order chi connectivity index (χ1) is 19.1. The minimum Gasteiger partial charge on any atom is -0.0617 e. The number of fused-ring (bicyclic) bond motifs is 3. The van der Waals surface area contributed by atoms with E-state index in [9.17, 15) is 0 Å². The smallest absolute Gasteiger partial charge is 0.0617 e. The first kappa shape index (κ1) is 24.9. The van der Waals surface area contributed by atoms with Crippen LogP contribution in [0.2, 0.25) is 0 Å². The van der Waals surface area contributed by atoms with Gasteiger partial charge in [0.1, 0.15) is 0 Å². The van der Waals surface area contributed by atoms with Gasteiger partial charge in [-0.05, 0) is 95.9 Å². The van der Waals surface area contributed by atoms with Gasteiger partial charge in [-0.1, -0.05) is 135 Å². The lowest BCUT2D eigenvalue weighted by Gasteiger charge is -2.36. The maximum atomic E-state index is 2.60. The van der Waals surface area contributed by atoms with Crippen LogP contribution in [0.3, 0.4) is 0 Å². The summed E-state index contributed by atoms with van der Waals surface area (Å²) in [5.74, 6) is 1.39. The van der Waals surface area contributed by atoms with Gasteiger partial charge < -0.3 is 0 Å². The second-order valence-electron chi connectivity index (χ2n) is 12.8. The molecule has 3 aliphatic rings. The van der Waals surface area contributed by atoms with E-state index in [0.29, 0.717) is 11.8 Å². The molecule has 7 rings (SSSR count). The Morgan fingerprint density at radius 1 is 0.487 bits per heavy atom. The van der Waals surface area contributed by atoms with E-state index < -0.39 is 0 Å². The van der Waals surface area contributed by atoms with E-state index in [2.05, 4.69) is 98.8 Å². The van der Waals surface area contributed by atoms with Crippen LogP contribution in [0, 0.1) is 13.8 Å². The molecule has 0 N–H and O–H groups in total. The third-order valence-electron chi connectivity index (χ3n) is 10.2. The number of aryl methyl sites for hydroxylation is 2. The lowest BCUT2D eigenvalue weighted by Crippen LogP contribution is -2.29. The van der Waals surface area contributed by atoms with Gasteiger partial charge in [-0.3, -0.25) is 0 Å². The van der Waals surface area contributed by atoms with Gasteiger partial charge in [0, 0.05) is 0 Å².